The van der Waals surface area contributed by atoms with E-state index in [-0.39, 0.29) is 11.8 Å². The first-order chi connectivity index (χ1) is 15.9. The Hall–Kier alpha value is -2.62. The summed E-state index contributed by atoms with van der Waals surface area (Å²) in [5.74, 6) is -0.620. The van der Waals surface area contributed by atoms with Gasteiger partial charge in [-0.15, -0.1) is 0 Å². The van der Waals surface area contributed by atoms with Crippen molar-refractivity contribution < 1.29 is 27.1 Å². The van der Waals surface area contributed by atoms with Crippen LogP contribution in [0.3, 0.4) is 0 Å². The summed E-state index contributed by atoms with van der Waals surface area (Å²) in [4.78, 5) is 26.7. The summed E-state index contributed by atoms with van der Waals surface area (Å²) in [6.07, 6.45) is 2.12. The minimum absolute atomic E-state index is 0.101. The van der Waals surface area contributed by atoms with E-state index in [2.05, 4.69) is 5.32 Å². The number of nitrogens with one attached hydrogen (secondary N) is 2. The predicted molar refractivity (Wildman–Crippen MR) is 135 cm³/mol. The first kappa shape index (κ1) is 28.6. The van der Waals surface area contributed by atoms with Gasteiger partial charge in [-0.2, -0.15) is 0 Å². The van der Waals surface area contributed by atoms with Gasteiger partial charge in [0, 0.05) is 17.6 Å². The van der Waals surface area contributed by atoms with Crippen molar-refractivity contribution in [3.63, 3.8) is 0 Å². The molecule has 2 N–H and O–H groups in total. The molecule has 1 unspecified atom stereocenters. The number of anilines is 1. The monoisotopic (exact) mass is 511 g/mol. The fourth-order valence-electron chi connectivity index (χ4n) is 4.02. The molecule has 10 heteroatoms. The Morgan fingerprint density at radius 1 is 1.14 bits per heavy atom. The number of hydrogen-bond acceptors (Lipinski definition) is 5. The lowest BCUT2D eigenvalue weighted by molar-refractivity contribution is 0.0169. The normalized spacial score (nSPS) is 19.0. The molecule has 3 amide bonds. The Kier molecular flexibility index (Phi) is 8.63. The quantitative estimate of drug-likeness (QED) is 0.500. The standard InChI is InChI=1S/C25H38FN3O5S/c1-16(2)19-14-18(26)15-20(17(3)4)21(19)27-22(30)28-35(32,33)13-11-25(8)10-9-12-29(25)23(31)34-24(5,6)7/h11,13-17H,9-10,12H2,1-8H3,(H2,27,28,30). The molecule has 1 atom stereocenters. The van der Waals surface area contributed by atoms with Crippen LogP contribution in [-0.2, 0) is 14.8 Å². The smallest absolute Gasteiger partial charge is 0.410 e. The van der Waals surface area contributed by atoms with E-state index in [1.54, 1.807) is 27.7 Å². The highest BCUT2D eigenvalue weighted by Gasteiger charge is 2.40. The van der Waals surface area contributed by atoms with Crippen LogP contribution >= 0.6 is 0 Å². The number of rotatable bonds is 6. The number of amides is 3. The van der Waals surface area contributed by atoms with Crippen molar-refractivity contribution in [2.75, 3.05) is 11.9 Å². The minimum atomic E-state index is -4.18. The van der Waals surface area contributed by atoms with Crippen LogP contribution in [0, 0.1) is 5.82 Å². The summed E-state index contributed by atoms with van der Waals surface area (Å²) in [6, 6.07) is 1.73. The molecule has 0 spiro atoms. The number of urea groups is 1. The van der Waals surface area contributed by atoms with Crippen molar-refractivity contribution in [1.29, 1.82) is 0 Å². The molecular weight excluding hydrogens is 473 g/mol. The zero-order chi connectivity index (χ0) is 26.8. The largest absolute Gasteiger partial charge is 0.444 e. The molecule has 0 bridgehead atoms. The Bertz CT molecular complexity index is 1060. The van der Waals surface area contributed by atoms with Crippen LogP contribution in [0.2, 0.25) is 0 Å². The van der Waals surface area contributed by atoms with Crippen molar-refractivity contribution in [3.05, 3.63) is 40.6 Å². The molecule has 1 fully saturated rings. The topological polar surface area (TPSA) is 105 Å². The lowest BCUT2D eigenvalue weighted by Crippen LogP contribution is -2.46. The molecule has 1 heterocycles. The van der Waals surface area contributed by atoms with E-state index in [4.69, 9.17) is 4.74 Å². The first-order valence-electron chi connectivity index (χ1n) is 11.8. The number of benzene rings is 1. The van der Waals surface area contributed by atoms with E-state index in [9.17, 15) is 22.4 Å². The van der Waals surface area contributed by atoms with Gasteiger partial charge in [0.1, 0.15) is 11.4 Å². The Balaban J connectivity index is 2.21. The highest BCUT2D eigenvalue weighted by molar-refractivity contribution is 7.92. The third kappa shape index (κ3) is 7.68. The lowest BCUT2D eigenvalue weighted by atomic mass is 9.92. The molecule has 1 aromatic carbocycles. The fourth-order valence-corrected chi connectivity index (χ4v) is 4.87. The van der Waals surface area contributed by atoms with Gasteiger partial charge < -0.3 is 10.1 Å². The average Bonchev–Trinajstić information content (AvgIpc) is 3.07. The van der Waals surface area contributed by atoms with Gasteiger partial charge in [0.15, 0.2) is 0 Å². The number of carbonyl (C=O) groups is 2. The van der Waals surface area contributed by atoms with Crippen LogP contribution in [0.5, 0.6) is 0 Å². The van der Waals surface area contributed by atoms with Crippen LogP contribution in [-0.4, -0.2) is 43.1 Å². The molecule has 0 aromatic heterocycles. The van der Waals surface area contributed by atoms with Crippen LogP contribution in [0.1, 0.15) is 91.2 Å². The predicted octanol–water partition coefficient (Wildman–Crippen LogP) is 5.83. The first-order valence-corrected chi connectivity index (χ1v) is 13.4. The second-order valence-corrected chi connectivity index (χ2v) is 12.3. The molecular formula is C25H38FN3O5S. The van der Waals surface area contributed by atoms with Crippen molar-refractivity contribution in [2.45, 2.75) is 91.2 Å². The van der Waals surface area contributed by atoms with Gasteiger partial charge >= 0.3 is 12.1 Å². The van der Waals surface area contributed by atoms with Crippen molar-refractivity contribution >= 4 is 27.8 Å². The maximum atomic E-state index is 14.1. The van der Waals surface area contributed by atoms with Gasteiger partial charge in [-0.25, -0.2) is 27.1 Å². The van der Waals surface area contributed by atoms with E-state index >= 15 is 0 Å². The van der Waals surface area contributed by atoms with Crippen LogP contribution in [0.4, 0.5) is 19.7 Å². The molecule has 8 nitrogen and oxygen atoms in total. The summed E-state index contributed by atoms with van der Waals surface area (Å²) in [5.41, 5.74) is -0.0151. The molecule has 1 aromatic rings. The fraction of sp³-hybridized carbons (Fsp3) is 0.600. The number of sulfonamides is 1. The number of likely N-dealkylation sites (tertiary alicyclic amines) is 1. The molecule has 0 radical (unpaired) electrons. The summed E-state index contributed by atoms with van der Waals surface area (Å²) in [5, 5.41) is 3.50. The lowest BCUT2D eigenvalue weighted by Gasteiger charge is -2.34. The number of carbonyl (C=O) groups excluding carboxylic acids is 2. The van der Waals surface area contributed by atoms with Crippen molar-refractivity contribution in [3.8, 4) is 0 Å². The third-order valence-electron chi connectivity index (χ3n) is 5.78. The highest BCUT2D eigenvalue weighted by atomic mass is 32.2. The van der Waals surface area contributed by atoms with Crippen LogP contribution < -0.4 is 10.0 Å². The molecule has 1 aliphatic heterocycles. The molecule has 2 rings (SSSR count). The van der Waals surface area contributed by atoms with Crippen LogP contribution in [0.25, 0.3) is 0 Å². The second-order valence-electron chi connectivity index (χ2n) is 10.8. The van der Waals surface area contributed by atoms with Gasteiger partial charge in [0.25, 0.3) is 10.0 Å². The Morgan fingerprint density at radius 2 is 1.69 bits per heavy atom. The summed E-state index contributed by atoms with van der Waals surface area (Å²) >= 11 is 0. The van der Waals surface area contributed by atoms with Gasteiger partial charge in [0.2, 0.25) is 0 Å². The summed E-state index contributed by atoms with van der Waals surface area (Å²) in [6.45, 7) is 14.9. The second kappa shape index (κ2) is 10.6. The zero-order valence-electron chi connectivity index (χ0n) is 21.9. The van der Waals surface area contributed by atoms with Crippen molar-refractivity contribution in [2.24, 2.45) is 0 Å². The van der Waals surface area contributed by atoms with Gasteiger partial charge in [0.05, 0.1) is 5.54 Å². The average molecular weight is 512 g/mol. The molecule has 0 aliphatic carbocycles. The molecule has 1 aliphatic rings. The molecule has 0 saturated carbocycles. The van der Waals surface area contributed by atoms with E-state index in [1.165, 1.54) is 23.1 Å². The molecule has 196 valence electrons. The van der Waals surface area contributed by atoms with Gasteiger partial charge in [-0.3, -0.25) is 4.90 Å². The molecule has 35 heavy (non-hydrogen) atoms. The Labute approximate surface area is 208 Å². The van der Waals surface area contributed by atoms with Gasteiger partial charge in [-0.1, -0.05) is 27.7 Å². The summed E-state index contributed by atoms with van der Waals surface area (Å²) < 4.78 is 46.9. The van der Waals surface area contributed by atoms with E-state index in [0.717, 1.165) is 5.41 Å². The SMILES string of the molecule is CC(C)c1cc(F)cc(C(C)C)c1NC(=O)NS(=O)(=O)C=CC1(C)CCCN1C(=O)OC(C)(C)C. The maximum absolute atomic E-state index is 14.1. The highest BCUT2D eigenvalue weighted by Crippen LogP contribution is 2.34. The van der Waals surface area contributed by atoms with E-state index in [1.807, 2.05) is 32.4 Å². The zero-order valence-corrected chi connectivity index (χ0v) is 22.7. The number of nitrogens with zero attached hydrogens (tertiary/aromatic N) is 1. The number of hydrogen-bond donors (Lipinski definition) is 2. The number of ether oxygens (including phenoxy) is 1. The van der Waals surface area contributed by atoms with Crippen LogP contribution in [0.15, 0.2) is 23.6 Å². The third-order valence-corrected chi connectivity index (χ3v) is 6.75. The maximum Gasteiger partial charge on any atom is 0.410 e. The van der Waals surface area contributed by atoms with E-state index in [0.29, 0.717) is 36.2 Å². The van der Waals surface area contributed by atoms with Gasteiger partial charge in [-0.05, 0) is 81.7 Å². The minimum Gasteiger partial charge on any atom is -0.444 e. The van der Waals surface area contributed by atoms with Crippen molar-refractivity contribution in [1.82, 2.24) is 9.62 Å². The molecule has 1 saturated heterocycles. The summed E-state index contributed by atoms with van der Waals surface area (Å²) in [7, 11) is -4.18. The number of halogens is 1. The van der Waals surface area contributed by atoms with E-state index < -0.39 is 39.1 Å². The Morgan fingerprint density at radius 3 is 2.17 bits per heavy atom.